The molecule has 0 heterocycles. The van der Waals surface area contributed by atoms with E-state index in [0.29, 0.717) is 5.69 Å². The van der Waals surface area contributed by atoms with Crippen molar-refractivity contribution in [2.24, 2.45) is 0 Å². The van der Waals surface area contributed by atoms with Gasteiger partial charge in [-0.1, -0.05) is 30.3 Å². The normalized spacial score (nSPS) is 12.3. The average Bonchev–Trinajstić information content (AvgIpc) is 2.30. The summed E-state index contributed by atoms with van der Waals surface area (Å²) in [4.78, 5) is 0. The summed E-state index contributed by atoms with van der Waals surface area (Å²) < 4.78 is 0. The van der Waals surface area contributed by atoms with Gasteiger partial charge in [0.1, 0.15) is 0 Å². The third-order valence-corrected chi connectivity index (χ3v) is 2.99. The van der Waals surface area contributed by atoms with Gasteiger partial charge in [-0.25, -0.2) is 0 Å². The second kappa shape index (κ2) is 4.45. The van der Waals surface area contributed by atoms with Crippen LogP contribution in [0.25, 0.3) is 0 Å². The molecule has 0 radical (unpaired) electrons. The maximum Gasteiger partial charge on any atom is 0.0855 e. The molecule has 0 aliphatic carbocycles. The Kier molecular flexibility index (Phi) is 3.02. The minimum absolute atomic E-state index is 0.234. The van der Waals surface area contributed by atoms with E-state index in [-0.39, 0.29) is 5.38 Å². The van der Waals surface area contributed by atoms with Crippen LogP contribution in [0.15, 0.2) is 48.5 Å². The number of benzene rings is 2. The molecule has 1 unspecified atom stereocenters. The predicted molar refractivity (Wildman–Crippen MR) is 69.4 cm³/mol. The van der Waals surface area contributed by atoms with E-state index in [1.807, 2.05) is 48.5 Å². The second-order valence-electron chi connectivity index (χ2n) is 3.66. The summed E-state index contributed by atoms with van der Waals surface area (Å²) in [5.41, 5.74) is 14.9. The first kappa shape index (κ1) is 10.8. The topological polar surface area (TPSA) is 52.0 Å². The van der Waals surface area contributed by atoms with Crippen molar-refractivity contribution in [3.05, 3.63) is 59.7 Å². The fourth-order valence-corrected chi connectivity index (χ4v) is 1.93. The van der Waals surface area contributed by atoms with Gasteiger partial charge in [-0.05, 0) is 29.3 Å². The monoisotopic (exact) mass is 232 g/mol. The van der Waals surface area contributed by atoms with Crippen molar-refractivity contribution in [1.82, 2.24) is 0 Å². The number of hydrogen-bond acceptors (Lipinski definition) is 2. The first-order valence-electron chi connectivity index (χ1n) is 5.02. The van der Waals surface area contributed by atoms with Crippen LogP contribution in [0, 0.1) is 0 Å². The van der Waals surface area contributed by atoms with Crippen LogP contribution in [0.2, 0.25) is 0 Å². The molecule has 0 spiro atoms. The Balaban J connectivity index is 2.35. The molecule has 1 atom stereocenters. The minimum atomic E-state index is -0.234. The fourth-order valence-electron chi connectivity index (χ4n) is 1.59. The lowest BCUT2D eigenvalue weighted by molar-refractivity contribution is 1.15. The molecule has 0 amide bonds. The molecule has 2 nitrogen and oxygen atoms in total. The number of halogens is 1. The zero-order valence-electron chi connectivity index (χ0n) is 8.73. The third kappa shape index (κ3) is 2.12. The summed E-state index contributed by atoms with van der Waals surface area (Å²) in [6.45, 7) is 0. The molecule has 0 fully saturated rings. The van der Waals surface area contributed by atoms with Crippen LogP contribution in [-0.4, -0.2) is 0 Å². The van der Waals surface area contributed by atoms with E-state index < -0.39 is 0 Å². The van der Waals surface area contributed by atoms with Crippen LogP contribution in [0.1, 0.15) is 16.5 Å². The van der Waals surface area contributed by atoms with Gasteiger partial charge in [0.25, 0.3) is 0 Å². The van der Waals surface area contributed by atoms with Crippen LogP contribution >= 0.6 is 11.6 Å². The zero-order chi connectivity index (χ0) is 11.5. The van der Waals surface area contributed by atoms with Crippen LogP contribution in [-0.2, 0) is 0 Å². The number of anilines is 2. The molecular weight excluding hydrogens is 220 g/mol. The Labute approximate surface area is 99.8 Å². The lowest BCUT2D eigenvalue weighted by Crippen LogP contribution is -1.98. The van der Waals surface area contributed by atoms with Crippen molar-refractivity contribution < 1.29 is 0 Å². The molecule has 3 heteroatoms. The maximum atomic E-state index is 6.37. The summed E-state index contributed by atoms with van der Waals surface area (Å²) >= 11 is 6.37. The summed E-state index contributed by atoms with van der Waals surface area (Å²) in [6, 6.07) is 15.1. The van der Waals surface area contributed by atoms with Gasteiger partial charge in [0.2, 0.25) is 0 Å². The highest BCUT2D eigenvalue weighted by molar-refractivity contribution is 6.23. The van der Waals surface area contributed by atoms with Gasteiger partial charge in [0.05, 0.1) is 5.38 Å². The lowest BCUT2D eigenvalue weighted by atomic mass is 10.0. The van der Waals surface area contributed by atoms with Crippen LogP contribution in [0.3, 0.4) is 0 Å². The number of rotatable bonds is 2. The summed E-state index contributed by atoms with van der Waals surface area (Å²) in [6.07, 6.45) is 0. The highest BCUT2D eigenvalue weighted by Gasteiger charge is 2.12. The Hall–Kier alpha value is -1.67. The van der Waals surface area contributed by atoms with Crippen LogP contribution in [0.4, 0.5) is 11.4 Å². The predicted octanol–water partition coefficient (Wildman–Crippen LogP) is 3.18. The van der Waals surface area contributed by atoms with Gasteiger partial charge in [-0.3, -0.25) is 0 Å². The Morgan fingerprint density at radius 1 is 0.875 bits per heavy atom. The van der Waals surface area contributed by atoms with Crippen molar-refractivity contribution in [2.75, 3.05) is 11.5 Å². The van der Waals surface area contributed by atoms with Crippen LogP contribution < -0.4 is 11.5 Å². The number of nitrogen functional groups attached to an aromatic ring is 2. The first-order chi connectivity index (χ1) is 7.68. The van der Waals surface area contributed by atoms with E-state index in [1.54, 1.807) is 0 Å². The maximum absolute atomic E-state index is 6.37. The van der Waals surface area contributed by atoms with Gasteiger partial charge >= 0.3 is 0 Å². The summed E-state index contributed by atoms with van der Waals surface area (Å²) in [7, 11) is 0. The van der Waals surface area contributed by atoms with Crippen molar-refractivity contribution in [2.45, 2.75) is 5.38 Å². The molecule has 0 aliphatic rings. The van der Waals surface area contributed by atoms with E-state index in [1.165, 1.54) is 0 Å². The Bertz CT molecular complexity index is 480. The third-order valence-electron chi connectivity index (χ3n) is 2.50. The number of nitrogens with two attached hydrogens (primary N) is 2. The Morgan fingerprint density at radius 3 is 2.12 bits per heavy atom. The number of hydrogen-bond donors (Lipinski definition) is 2. The largest absolute Gasteiger partial charge is 0.399 e. The summed E-state index contributed by atoms with van der Waals surface area (Å²) in [5.74, 6) is 0. The Morgan fingerprint density at radius 2 is 1.50 bits per heavy atom. The van der Waals surface area contributed by atoms with Crippen molar-refractivity contribution in [3.63, 3.8) is 0 Å². The molecule has 2 aromatic carbocycles. The van der Waals surface area contributed by atoms with Gasteiger partial charge in [0, 0.05) is 11.4 Å². The van der Waals surface area contributed by atoms with Crippen molar-refractivity contribution in [1.29, 1.82) is 0 Å². The molecule has 2 aromatic rings. The molecule has 4 N–H and O–H groups in total. The van der Waals surface area contributed by atoms with E-state index in [2.05, 4.69) is 0 Å². The van der Waals surface area contributed by atoms with E-state index in [4.69, 9.17) is 23.1 Å². The van der Waals surface area contributed by atoms with Gasteiger partial charge in [-0.2, -0.15) is 0 Å². The SMILES string of the molecule is Nc1ccc(C(Cl)c2ccccc2N)cc1. The molecule has 0 bridgehead atoms. The van der Waals surface area contributed by atoms with Crippen molar-refractivity contribution >= 4 is 23.0 Å². The highest BCUT2D eigenvalue weighted by atomic mass is 35.5. The average molecular weight is 233 g/mol. The molecule has 82 valence electrons. The smallest absolute Gasteiger partial charge is 0.0855 e. The van der Waals surface area contributed by atoms with Crippen LogP contribution in [0.5, 0.6) is 0 Å². The van der Waals surface area contributed by atoms with E-state index in [0.717, 1.165) is 16.8 Å². The number of alkyl halides is 1. The minimum Gasteiger partial charge on any atom is -0.399 e. The van der Waals surface area contributed by atoms with E-state index >= 15 is 0 Å². The summed E-state index contributed by atoms with van der Waals surface area (Å²) in [5, 5.41) is -0.234. The standard InChI is InChI=1S/C13H13ClN2/c14-13(9-5-7-10(15)8-6-9)11-3-1-2-4-12(11)16/h1-8,13H,15-16H2. The van der Waals surface area contributed by atoms with Gasteiger partial charge < -0.3 is 11.5 Å². The van der Waals surface area contributed by atoms with Gasteiger partial charge in [-0.15, -0.1) is 11.6 Å². The zero-order valence-corrected chi connectivity index (χ0v) is 9.48. The molecule has 0 aromatic heterocycles. The molecule has 16 heavy (non-hydrogen) atoms. The lowest BCUT2D eigenvalue weighted by Gasteiger charge is -2.12. The first-order valence-corrected chi connectivity index (χ1v) is 5.46. The molecule has 0 saturated heterocycles. The molecular formula is C13H13ClN2. The highest BCUT2D eigenvalue weighted by Crippen LogP contribution is 2.32. The van der Waals surface area contributed by atoms with Gasteiger partial charge in [0.15, 0.2) is 0 Å². The molecule has 0 saturated carbocycles. The van der Waals surface area contributed by atoms with E-state index in [9.17, 15) is 0 Å². The van der Waals surface area contributed by atoms with Crippen molar-refractivity contribution in [3.8, 4) is 0 Å². The second-order valence-corrected chi connectivity index (χ2v) is 4.09. The molecule has 2 rings (SSSR count). The fraction of sp³-hybridized carbons (Fsp3) is 0.0769. The molecule has 0 aliphatic heterocycles. The number of para-hydroxylation sites is 1. The quantitative estimate of drug-likeness (QED) is 0.617.